The van der Waals surface area contributed by atoms with Crippen LogP contribution < -0.4 is 5.73 Å². The van der Waals surface area contributed by atoms with Crippen LogP contribution >= 0.6 is 15.9 Å². The van der Waals surface area contributed by atoms with Crippen LogP contribution in [0.15, 0.2) is 11.8 Å². The Morgan fingerprint density at radius 2 is 1.05 bits per heavy atom. The molecule has 0 saturated carbocycles. The van der Waals surface area contributed by atoms with Crippen LogP contribution in [0.5, 0.6) is 0 Å². The van der Waals surface area contributed by atoms with Gasteiger partial charge < -0.3 is 47.9 Å². The summed E-state index contributed by atoms with van der Waals surface area (Å²) in [6.45, 7) is 50.1. The quantitative estimate of drug-likeness (QED) is 0.0288. The van der Waals surface area contributed by atoms with Crippen molar-refractivity contribution in [2.45, 2.75) is 293 Å². The minimum atomic E-state index is -1.99. The van der Waals surface area contributed by atoms with E-state index in [1.54, 1.807) is 0 Å². The number of carbonyl (C=O) groups excluding carboxylic acids is 4. The Labute approximate surface area is 500 Å². The molecule has 4 heterocycles. The van der Waals surface area contributed by atoms with E-state index < -0.39 is 38.7 Å². The largest absolute Gasteiger partial charge is 0.465 e. The van der Waals surface area contributed by atoms with Gasteiger partial charge in [0.1, 0.15) is 17.0 Å². The molecule has 0 aromatic rings. The standard InChI is InChI=1S/C29H53NO6Si.C26H47NO5Si.C3H5BrO.2CH4.Zn.H2/c1-20(24(30)17-21(2)31)16-22-13-14-25-29(36-22,19-34-37(9,10)28(6,7)8)18-23(35-25)12-11-15-33-26(32)27(3,4)5;1-19(27-8)16-20-13-14-22-26(32-20,18-30-33(9,10)25(5,6)7)17-21(31-22)12-11-15-29-23(28)24(2,3)4;1-3(5)2-4;;;;/h17,20,22-23,25H,11-16,18-19,30H2,1-10H3;19-22H,11-18H2,1-7,9-10H3;2H2,1H3;2*1H4;;1H/b24-17-;;;;;;/t20-,22?,23+,25+,29-;19-,20?,21+,22+,26-;;;;;/m11...../s1. The minimum Gasteiger partial charge on any atom is -0.465 e. The zero-order valence-corrected chi connectivity index (χ0v) is 57.8. The molecule has 454 valence electrons. The van der Waals surface area contributed by atoms with E-state index in [9.17, 15) is 19.2 Å². The van der Waals surface area contributed by atoms with E-state index in [4.69, 9.17) is 49.6 Å². The van der Waals surface area contributed by atoms with E-state index in [2.05, 4.69) is 95.4 Å². The van der Waals surface area contributed by atoms with Gasteiger partial charge in [0.15, 0.2) is 22.4 Å². The maximum absolute atomic E-state index is 12.1. The van der Waals surface area contributed by atoms with Crippen LogP contribution in [-0.4, -0.2) is 126 Å². The number of ether oxygens (including phenoxy) is 6. The zero-order chi connectivity index (χ0) is 57.6. The Morgan fingerprint density at radius 3 is 1.36 bits per heavy atom. The normalized spacial score (nSPS) is 26.2. The molecule has 10 atom stereocenters. The summed E-state index contributed by atoms with van der Waals surface area (Å²) >= 11 is 2.96. The Morgan fingerprint density at radius 1 is 0.692 bits per heavy atom. The number of nitrogens with two attached hydrogens (primary N) is 1. The van der Waals surface area contributed by atoms with E-state index in [1.165, 1.54) is 19.9 Å². The number of ketones is 2. The van der Waals surface area contributed by atoms with Crippen LogP contribution in [0, 0.1) is 23.3 Å². The predicted octanol–water partition coefficient (Wildman–Crippen LogP) is 14.5. The van der Waals surface area contributed by atoms with Gasteiger partial charge in [-0.15, -0.1) is 0 Å². The summed E-state index contributed by atoms with van der Waals surface area (Å²) in [5.74, 6) is -0.146. The average Bonchev–Trinajstić information content (AvgIpc) is 3.84. The van der Waals surface area contributed by atoms with Gasteiger partial charge in [-0.05, 0) is 161 Å². The minimum absolute atomic E-state index is 0. The number of hydrogen-bond donors (Lipinski definition) is 1. The molecule has 2 unspecified atom stereocenters. The van der Waals surface area contributed by atoms with Crippen molar-refractivity contribution in [3.8, 4) is 0 Å². The van der Waals surface area contributed by atoms with E-state index in [0.717, 1.165) is 77.0 Å². The van der Waals surface area contributed by atoms with E-state index in [1.807, 2.05) is 48.5 Å². The third kappa shape index (κ3) is 25.2. The van der Waals surface area contributed by atoms with Crippen LogP contribution in [0.3, 0.4) is 0 Å². The molecule has 4 rings (SSSR count). The fourth-order valence-corrected chi connectivity index (χ4v) is 11.1. The number of halogens is 1. The van der Waals surface area contributed by atoms with Gasteiger partial charge in [0.2, 0.25) is 6.04 Å². The predicted molar refractivity (Wildman–Crippen MR) is 323 cm³/mol. The fraction of sp³-hybridized carbons (Fsp3) is 0.883. The van der Waals surface area contributed by atoms with Crippen molar-refractivity contribution in [1.29, 1.82) is 0 Å². The first kappa shape index (κ1) is 78.7. The number of Topliss-reactive ketones (excluding diaryl/α,β-unsaturated/α-hetero) is 1. The van der Waals surface area contributed by atoms with Crippen LogP contribution in [0.25, 0.3) is 4.85 Å². The molecule has 14 nitrogen and oxygen atoms in total. The number of fused-ring (bicyclic) bond motifs is 2. The number of carbonyl (C=O) groups is 4. The van der Waals surface area contributed by atoms with E-state index in [-0.39, 0.29) is 118 Å². The van der Waals surface area contributed by atoms with Gasteiger partial charge in [0.05, 0.1) is 79.2 Å². The molecule has 0 bridgehead atoms. The molecule has 4 saturated heterocycles. The molecule has 0 aromatic carbocycles. The summed E-state index contributed by atoms with van der Waals surface area (Å²) in [5.41, 5.74) is 4.87. The van der Waals surface area contributed by atoms with Crippen LogP contribution in [0.4, 0.5) is 0 Å². The Bertz CT molecular complexity index is 1930. The second-order valence-electron chi connectivity index (χ2n) is 27.3. The second-order valence-corrected chi connectivity index (χ2v) is 37.4. The van der Waals surface area contributed by atoms with Crippen molar-refractivity contribution in [2.24, 2.45) is 22.5 Å². The van der Waals surface area contributed by atoms with E-state index >= 15 is 0 Å². The van der Waals surface area contributed by atoms with Crippen molar-refractivity contribution in [2.75, 3.05) is 31.8 Å². The summed E-state index contributed by atoms with van der Waals surface area (Å²) in [6.07, 6.45) is 11.6. The van der Waals surface area contributed by atoms with E-state index in [0.29, 0.717) is 37.5 Å². The van der Waals surface area contributed by atoms with Crippen molar-refractivity contribution in [3.63, 3.8) is 0 Å². The van der Waals surface area contributed by atoms with Gasteiger partial charge in [-0.25, -0.2) is 6.57 Å². The molecule has 18 heteroatoms. The molecule has 0 radical (unpaired) electrons. The van der Waals surface area contributed by atoms with Gasteiger partial charge in [-0.3, -0.25) is 19.2 Å². The third-order valence-corrected chi connectivity index (χ3v) is 25.7. The van der Waals surface area contributed by atoms with Gasteiger partial charge in [0, 0.05) is 52.8 Å². The van der Waals surface area contributed by atoms with Crippen molar-refractivity contribution < 1.29 is 77.4 Å². The molecule has 4 aliphatic rings. The zero-order valence-electron chi connectivity index (χ0n) is 51.2. The van der Waals surface area contributed by atoms with Crippen molar-refractivity contribution in [1.82, 2.24) is 0 Å². The molecule has 0 spiro atoms. The Hall–Kier alpha value is -1.39. The number of esters is 2. The third-order valence-electron chi connectivity index (χ3n) is 15.9. The summed E-state index contributed by atoms with van der Waals surface area (Å²) in [6, 6.07) is -0.0412. The smallest absolute Gasteiger partial charge is 0.311 e. The summed E-state index contributed by atoms with van der Waals surface area (Å²) in [5, 5.41) is 0.706. The number of allylic oxidation sites excluding steroid dienone is 2. The average molecular weight is 1260 g/mol. The molecule has 0 amide bonds. The maximum atomic E-state index is 12.1. The molecule has 4 fully saturated rings. The number of alkyl halides is 1. The topological polar surface area (TPSA) is 172 Å². The number of nitrogens with zero attached hydrogens (tertiary/aromatic N) is 1. The number of hydrogen-bond acceptors (Lipinski definition) is 13. The summed E-state index contributed by atoms with van der Waals surface area (Å²) < 4.78 is 50.9. The maximum Gasteiger partial charge on any atom is 0.311 e. The van der Waals surface area contributed by atoms with Gasteiger partial charge in [-0.2, -0.15) is 0 Å². The first-order valence-electron chi connectivity index (χ1n) is 27.9. The van der Waals surface area contributed by atoms with Gasteiger partial charge in [0.25, 0.3) is 0 Å². The summed E-state index contributed by atoms with van der Waals surface area (Å²) in [7, 11) is -3.93. The molecular formula is C60H115BrN2O12Si2Zn. The van der Waals surface area contributed by atoms with Crippen molar-refractivity contribution >= 4 is 56.1 Å². The van der Waals surface area contributed by atoms with Crippen molar-refractivity contribution in [3.05, 3.63) is 23.2 Å². The first-order valence-corrected chi connectivity index (χ1v) is 34.9. The number of rotatable bonds is 21. The molecular weight excluding hydrogens is 1140 g/mol. The molecule has 2 N–H and O–H groups in total. The van der Waals surface area contributed by atoms with Gasteiger partial charge in [-0.1, -0.05) is 79.2 Å². The second kappa shape index (κ2) is 33.2. The van der Waals surface area contributed by atoms with Gasteiger partial charge >= 0.3 is 11.9 Å². The van der Waals surface area contributed by atoms with Crippen LogP contribution in [-0.2, 0) is 75.9 Å². The first-order chi connectivity index (χ1) is 34.2. The molecule has 0 aliphatic carbocycles. The molecule has 78 heavy (non-hydrogen) atoms. The van der Waals surface area contributed by atoms with Crippen LogP contribution in [0.2, 0.25) is 36.3 Å². The SMILES string of the molecule is C.C.CC(=O)/C=C(\N)[C@H](C)CC1CC[C@@H]2O[C@@H](CCCOC(=O)C(C)(C)C)C[C@]2(CO[Si](C)(C)C(C)(C)C)O1.CC(=O)CBr.[C-]#[N+][C@H](C)CC1CC[C@@H]2O[C@@H](CCCOC(=O)C(C)(C)C)C[C@]2(CO[Si](C)(C)C(C)(C)C)O1.[HH].[Zn]. The Balaban J connectivity index is -0.00000129. The summed E-state index contributed by atoms with van der Waals surface area (Å²) in [4.78, 5) is 49.0. The monoisotopic (exact) mass is 1250 g/mol. The fourth-order valence-electron chi connectivity index (χ4n) is 9.02. The Kier molecular flexibility index (Phi) is 33.5. The van der Waals surface area contributed by atoms with Crippen LogP contribution in [0.1, 0.15) is 204 Å². The molecule has 4 aliphatic heterocycles. The molecule has 0 aromatic heterocycles.